The summed E-state index contributed by atoms with van der Waals surface area (Å²) < 4.78 is 49.3. The molecule has 0 unspecified atom stereocenters. The molecule has 1 saturated heterocycles. The molecule has 2 aromatic rings. The van der Waals surface area contributed by atoms with E-state index in [1.165, 1.54) is 12.1 Å². The number of hydrogen-bond acceptors (Lipinski definition) is 5. The van der Waals surface area contributed by atoms with E-state index in [0.29, 0.717) is 25.4 Å². The lowest BCUT2D eigenvalue weighted by Gasteiger charge is -2.26. The molecule has 1 aliphatic rings. The second kappa shape index (κ2) is 9.07. The first-order chi connectivity index (χ1) is 13.4. The minimum Gasteiger partial charge on any atom is -0.461 e. The third-order valence-corrected chi connectivity index (χ3v) is 4.36. The predicted octanol–water partition coefficient (Wildman–Crippen LogP) is 3.94. The van der Waals surface area contributed by atoms with Gasteiger partial charge in [0, 0.05) is 25.3 Å². The van der Waals surface area contributed by atoms with Crippen LogP contribution in [-0.2, 0) is 15.7 Å². The molecule has 1 aliphatic heterocycles. The number of morpholine rings is 1. The van der Waals surface area contributed by atoms with Gasteiger partial charge in [-0.3, -0.25) is 4.90 Å². The third-order valence-electron chi connectivity index (χ3n) is 4.36. The maximum absolute atomic E-state index is 12.9. The molecule has 0 amide bonds. The summed E-state index contributed by atoms with van der Waals surface area (Å²) in [4.78, 5) is 14.6. The van der Waals surface area contributed by atoms with Crippen LogP contribution in [0.2, 0.25) is 0 Å². The molecule has 3 rings (SSSR count). The van der Waals surface area contributed by atoms with Crippen molar-refractivity contribution in [3.8, 4) is 0 Å². The van der Waals surface area contributed by atoms with Gasteiger partial charge < -0.3 is 14.8 Å². The zero-order valence-corrected chi connectivity index (χ0v) is 15.2. The molecule has 1 heterocycles. The summed E-state index contributed by atoms with van der Waals surface area (Å²) in [5.74, 6) is -0.525. The number of carbonyl (C=O) groups excluding carboxylic acids is 1. The summed E-state index contributed by atoms with van der Waals surface area (Å²) in [6.07, 6.45) is -4.43. The highest BCUT2D eigenvalue weighted by molar-refractivity contribution is 5.96. The Morgan fingerprint density at radius 3 is 2.61 bits per heavy atom. The Kier molecular flexibility index (Phi) is 6.53. The summed E-state index contributed by atoms with van der Waals surface area (Å²) in [6, 6.07) is 11.4. The average Bonchev–Trinajstić information content (AvgIpc) is 2.69. The minimum atomic E-state index is -4.43. The molecular weight excluding hydrogens is 373 g/mol. The van der Waals surface area contributed by atoms with Gasteiger partial charge in [0.25, 0.3) is 0 Å². The van der Waals surface area contributed by atoms with E-state index >= 15 is 0 Å². The van der Waals surface area contributed by atoms with Crippen molar-refractivity contribution in [3.63, 3.8) is 0 Å². The largest absolute Gasteiger partial charge is 0.461 e. The summed E-state index contributed by atoms with van der Waals surface area (Å²) in [6.45, 7) is 3.76. The average molecular weight is 394 g/mol. The molecular formula is C20H21F3N2O3. The van der Waals surface area contributed by atoms with E-state index in [0.717, 1.165) is 25.2 Å². The molecule has 1 fully saturated rings. The fourth-order valence-electron chi connectivity index (χ4n) is 2.87. The predicted molar refractivity (Wildman–Crippen MR) is 98.7 cm³/mol. The number of para-hydroxylation sites is 1. The van der Waals surface area contributed by atoms with Gasteiger partial charge in [0.1, 0.15) is 6.61 Å². The van der Waals surface area contributed by atoms with Crippen molar-refractivity contribution < 1.29 is 27.4 Å². The first-order valence-electron chi connectivity index (χ1n) is 8.94. The minimum absolute atomic E-state index is 0.233. The molecule has 0 spiro atoms. The number of nitrogens with zero attached hydrogens (tertiary/aromatic N) is 1. The van der Waals surface area contributed by atoms with Gasteiger partial charge in [0.15, 0.2) is 0 Å². The van der Waals surface area contributed by atoms with Gasteiger partial charge in [-0.25, -0.2) is 4.79 Å². The lowest BCUT2D eigenvalue weighted by molar-refractivity contribution is -0.137. The van der Waals surface area contributed by atoms with Gasteiger partial charge in [-0.1, -0.05) is 18.2 Å². The number of halogens is 3. The fourth-order valence-corrected chi connectivity index (χ4v) is 2.87. The number of nitrogens with one attached hydrogen (secondary N) is 1. The summed E-state index contributed by atoms with van der Waals surface area (Å²) in [5, 5.41) is 2.88. The lowest BCUT2D eigenvalue weighted by atomic mass is 10.1. The van der Waals surface area contributed by atoms with Gasteiger partial charge in [-0.05, 0) is 30.3 Å². The number of alkyl halides is 3. The quantitative estimate of drug-likeness (QED) is 0.753. The first kappa shape index (κ1) is 20.2. The molecule has 2 aromatic carbocycles. The van der Waals surface area contributed by atoms with E-state index in [4.69, 9.17) is 9.47 Å². The third kappa shape index (κ3) is 5.46. The monoisotopic (exact) mass is 394 g/mol. The summed E-state index contributed by atoms with van der Waals surface area (Å²) >= 11 is 0. The molecule has 0 aliphatic carbocycles. The Morgan fingerprint density at radius 1 is 1.11 bits per heavy atom. The van der Waals surface area contributed by atoms with Gasteiger partial charge in [-0.2, -0.15) is 13.2 Å². The Bertz CT molecular complexity index is 805. The van der Waals surface area contributed by atoms with E-state index in [2.05, 4.69) is 10.2 Å². The second-order valence-electron chi connectivity index (χ2n) is 6.34. The smallest absolute Gasteiger partial charge is 0.416 e. The van der Waals surface area contributed by atoms with Crippen molar-refractivity contribution in [1.29, 1.82) is 0 Å². The number of ether oxygens (including phenoxy) is 2. The Morgan fingerprint density at radius 2 is 1.86 bits per heavy atom. The number of benzene rings is 2. The van der Waals surface area contributed by atoms with Crippen LogP contribution < -0.4 is 5.32 Å². The first-order valence-corrected chi connectivity index (χ1v) is 8.94. The van der Waals surface area contributed by atoms with Crippen LogP contribution >= 0.6 is 0 Å². The van der Waals surface area contributed by atoms with Gasteiger partial charge in [-0.15, -0.1) is 0 Å². The van der Waals surface area contributed by atoms with Crippen molar-refractivity contribution >= 4 is 17.3 Å². The molecule has 150 valence electrons. The van der Waals surface area contributed by atoms with Crippen molar-refractivity contribution in [1.82, 2.24) is 4.90 Å². The Balaban J connectivity index is 1.64. The lowest BCUT2D eigenvalue weighted by Crippen LogP contribution is -2.38. The van der Waals surface area contributed by atoms with Crippen molar-refractivity contribution in [3.05, 3.63) is 59.7 Å². The maximum Gasteiger partial charge on any atom is 0.416 e. The van der Waals surface area contributed by atoms with Crippen LogP contribution in [0.5, 0.6) is 0 Å². The van der Waals surface area contributed by atoms with Gasteiger partial charge >= 0.3 is 12.1 Å². The fraction of sp³-hybridized carbons (Fsp3) is 0.350. The van der Waals surface area contributed by atoms with Crippen molar-refractivity contribution in [2.24, 2.45) is 0 Å². The highest BCUT2D eigenvalue weighted by Crippen LogP contribution is 2.32. The number of esters is 1. The van der Waals surface area contributed by atoms with E-state index in [1.54, 1.807) is 24.3 Å². The van der Waals surface area contributed by atoms with Crippen LogP contribution in [0, 0.1) is 0 Å². The van der Waals surface area contributed by atoms with Crippen LogP contribution in [0.4, 0.5) is 24.5 Å². The van der Waals surface area contributed by atoms with Crippen LogP contribution in [-0.4, -0.2) is 50.3 Å². The SMILES string of the molecule is O=C(OCCN1CCOCC1)c1ccccc1Nc1cccc(C(F)(F)F)c1. The standard InChI is InChI=1S/C20H21F3N2O3/c21-20(22,23)15-4-3-5-16(14-15)24-18-7-2-1-6-17(18)19(26)28-13-10-25-8-11-27-12-9-25/h1-7,14,24H,8-13H2. The highest BCUT2D eigenvalue weighted by Gasteiger charge is 2.30. The van der Waals surface area contributed by atoms with Crippen LogP contribution in [0.3, 0.4) is 0 Å². The van der Waals surface area contributed by atoms with Crippen LogP contribution in [0.25, 0.3) is 0 Å². The molecule has 0 radical (unpaired) electrons. The molecule has 0 saturated carbocycles. The van der Waals surface area contributed by atoms with E-state index < -0.39 is 17.7 Å². The number of anilines is 2. The van der Waals surface area contributed by atoms with E-state index in [9.17, 15) is 18.0 Å². The number of carbonyl (C=O) groups is 1. The van der Waals surface area contributed by atoms with Gasteiger partial charge in [0.2, 0.25) is 0 Å². The normalized spacial score (nSPS) is 15.2. The topological polar surface area (TPSA) is 50.8 Å². The second-order valence-corrected chi connectivity index (χ2v) is 6.34. The molecule has 0 atom stereocenters. The molecule has 0 aromatic heterocycles. The molecule has 28 heavy (non-hydrogen) atoms. The zero-order valence-electron chi connectivity index (χ0n) is 15.2. The van der Waals surface area contributed by atoms with E-state index in [-0.39, 0.29) is 17.9 Å². The van der Waals surface area contributed by atoms with Crippen molar-refractivity contribution in [2.45, 2.75) is 6.18 Å². The number of hydrogen-bond donors (Lipinski definition) is 1. The highest BCUT2D eigenvalue weighted by atomic mass is 19.4. The molecule has 0 bridgehead atoms. The zero-order chi connectivity index (χ0) is 20.0. The van der Waals surface area contributed by atoms with Crippen LogP contribution in [0.15, 0.2) is 48.5 Å². The Hall–Kier alpha value is -2.58. The summed E-state index contributed by atoms with van der Waals surface area (Å²) in [5.41, 5.74) is 0.131. The van der Waals surface area contributed by atoms with E-state index in [1.807, 2.05) is 0 Å². The maximum atomic E-state index is 12.9. The molecule has 5 nitrogen and oxygen atoms in total. The van der Waals surface area contributed by atoms with Gasteiger partial charge in [0.05, 0.1) is 30.0 Å². The molecule has 8 heteroatoms. The Labute approximate surface area is 161 Å². The molecule has 1 N–H and O–H groups in total. The van der Waals surface area contributed by atoms with Crippen LogP contribution in [0.1, 0.15) is 15.9 Å². The van der Waals surface area contributed by atoms with Crippen molar-refractivity contribution in [2.75, 3.05) is 44.8 Å². The number of rotatable bonds is 6. The summed E-state index contributed by atoms with van der Waals surface area (Å²) in [7, 11) is 0.